The Bertz CT molecular complexity index is 432. The van der Waals surface area contributed by atoms with Gasteiger partial charge in [0.25, 0.3) is 5.91 Å². The van der Waals surface area contributed by atoms with Crippen LogP contribution in [0.1, 0.15) is 37.6 Å². The van der Waals surface area contributed by atoms with Crippen LogP contribution in [0.25, 0.3) is 0 Å². The molecule has 0 aromatic heterocycles. The maximum atomic E-state index is 12.4. The van der Waals surface area contributed by atoms with Crippen LogP contribution in [-0.2, 0) is 0 Å². The molecule has 0 bridgehead atoms. The molecular formula is C15H23ClN2O. The number of nitrogens with one attached hydrogen (secondary N) is 1. The van der Waals surface area contributed by atoms with Gasteiger partial charge in [0.05, 0.1) is 5.56 Å². The van der Waals surface area contributed by atoms with Crippen molar-refractivity contribution >= 4 is 23.2 Å². The van der Waals surface area contributed by atoms with E-state index in [0.29, 0.717) is 16.5 Å². The number of carbonyl (C=O) groups excluding carboxylic acids is 1. The van der Waals surface area contributed by atoms with Crippen LogP contribution in [-0.4, -0.2) is 30.9 Å². The van der Waals surface area contributed by atoms with Gasteiger partial charge in [-0.2, -0.15) is 0 Å². The molecule has 1 rings (SSSR count). The zero-order valence-electron chi connectivity index (χ0n) is 12.2. The van der Waals surface area contributed by atoms with Crippen molar-refractivity contribution in [3.8, 4) is 0 Å². The van der Waals surface area contributed by atoms with E-state index in [1.807, 2.05) is 20.0 Å². The summed E-state index contributed by atoms with van der Waals surface area (Å²) in [6.07, 6.45) is 0.999. The zero-order valence-corrected chi connectivity index (χ0v) is 12.9. The number of nitrogens with zero attached hydrogens (tertiary/aromatic N) is 1. The lowest BCUT2D eigenvalue weighted by atomic mass is 10.1. The summed E-state index contributed by atoms with van der Waals surface area (Å²) in [4.78, 5) is 14.2. The van der Waals surface area contributed by atoms with Gasteiger partial charge in [-0.25, -0.2) is 0 Å². The minimum absolute atomic E-state index is 0.0131. The predicted molar refractivity (Wildman–Crippen MR) is 82.0 cm³/mol. The predicted octanol–water partition coefficient (Wildman–Crippen LogP) is 3.89. The monoisotopic (exact) mass is 282 g/mol. The van der Waals surface area contributed by atoms with Crippen LogP contribution in [0.4, 0.5) is 5.69 Å². The van der Waals surface area contributed by atoms with Gasteiger partial charge < -0.3 is 10.2 Å². The van der Waals surface area contributed by atoms with Gasteiger partial charge in [0.1, 0.15) is 0 Å². The Morgan fingerprint density at radius 3 is 2.68 bits per heavy atom. The van der Waals surface area contributed by atoms with Crippen molar-refractivity contribution in [1.29, 1.82) is 0 Å². The molecule has 106 valence electrons. The summed E-state index contributed by atoms with van der Waals surface area (Å²) in [7, 11) is 1.83. The minimum atomic E-state index is 0.0131. The maximum absolute atomic E-state index is 12.4. The highest BCUT2D eigenvalue weighted by atomic mass is 35.5. The Morgan fingerprint density at radius 1 is 1.42 bits per heavy atom. The molecule has 3 nitrogen and oxygen atoms in total. The third-order valence-corrected chi connectivity index (χ3v) is 3.20. The first-order valence-corrected chi connectivity index (χ1v) is 7.12. The molecule has 0 heterocycles. The summed E-state index contributed by atoms with van der Waals surface area (Å²) in [6, 6.07) is 5.38. The average molecular weight is 283 g/mol. The molecule has 1 amide bonds. The molecule has 0 saturated carbocycles. The fraction of sp³-hybridized carbons (Fsp3) is 0.533. The second-order valence-corrected chi connectivity index (χ2v) is 5.57. The second-order valence-electron chi connectivity index (χ2n) is 5.13. The largest absolute Gasteiger partial charge is 0.385 e. The summed E-state index contributed by atoms with van der Waals surface area (Å²) < 4.78 is 0. The molecule has 0 aliphatic heterocycles. The van der Waals surface area contributed by atoms with E-state index >= 15 is 0 Å². The van der Waals surface area contributed by atoms with E-state index in [4.69, 9.17) is 11.6 Å². The smallest absolute Gasteiger partial charge is 0.255 e. The third-order valence-electron chi connectivity index (χ3n) is 2.97. The van der Waals surface area contributed by atoms with Gasteiger partial charge >= 0.3 is 0 Å². The number of benzene rings is 1. The molecule has 0 unspecified atom stereocenters. The topological polar surface area (TPSA) is 32.3 Å². The number of amides is 1. The highest BCUT2D eigenvalue weighted by molar-refractivity contribution is 6.31. The zero-order chi connectivity index (χ0) is 14.4. The van der Waals surface area contributed by atoms with Gasteiger partial charge in [-0.3, -0.25) is 4.79 Å². The van der Waals surface area contributed by atoms with Crippen molar-refractivity contribution < 1.29 is 4.79 Å². The summed E-state index contributed by atoms with van der Waals surface area (Å²) in [5.41, 5.74) is 1.48. The van der Waals surface area contributed by atoms with Crippen LogP contribution in [0.5, 0.6) is 0 Å². The summed E-state index contributed by atoms with van der Waals surface area (Å²) >= 11 is 5.99. The van der Waals surface area contributed by atoms with Crippen LogP contribution in [0.3, 0.4) is 0 Å². The highest BCUT2D eigenvalue weighted by Gasteiger charge is 2.16. The summed E-state index contributed by atoms with van der Waals surface area (Å²) in [5.74, 6) is 0.599. The van der Waals surface area contributed by atoms with Gasteiger partial charge in [0.2, 0.25) is 0 Å². The molecule has 4 heteroatoms. The van der Waals surface area contributed by atoms with Gasteiger partial charge in [-0.1, -0.05) is 25.4 Å². The number of halogens is 1. The van der Waals surface area contributed by atoms with Gasteiger partial charge in [0, 0.05) is 30.8 Å². The number of carbonyl (C=O) groups is 1. The lowest BCUT2D eigenvalue weighted by molar-refractivity contribution is 0.0790. The number of hydrogen-bond donors (Lipinski definition) is 1. The van der Waals surface area contributed by atoms with Crippen LogP contribution in [0, 0.1) is 5.92 Å². The summed E-state index contributed by atoms with van der Waals surface area (Å²) in [6.45, 7) is 7.85. The fourth-order valence-corrected chi connectivity index (χ4v) is 1.97. The van der Waals surface area contributed by atoms with Crippen LogP contribution in [0.2, 0.25) is 5.02 Å². The molecule has 1 N–H and O–H groups in total. The van der Waals surface area contributed by atoms with Crippen LogP contribution >= 0.6 is 11.6 Å². The van der Waals surface area contributed by atoms with E-state index in [2.05, 4.69) is 19.2 Å². The molecule has 0 atom stereocenters. The Morgan fingerprint density at radius 2 is 2.11 bits per heavy atom. The number of rotatable bonds is 6. The summed E-state index contributed by atoms with van der Waals surface area (Å²) in [5, 5.41) is 3.78. The average Bonchev–Trinajstić information content (AvgIpc) is 2.37. The quantitative estimate of drug-likeness (QED) is 0.858. The van der Waals surface area contributed by atoms with Gasteiger partial charge in [0.15, 0.2) is 0 Å². The minimum Gasteiger partial charge on any atom is -0.385 e. The van der Waals surface area contributed by atoms with Crippen LogP contribution in [0.15, 0.2) is 18.2 Å². The van der Waals surface area contributed by atoms with Crippen molar-refractivity contribution in [2.24, 2.45) is 5.92 Å². The fourth-order valence-electron chi connectivity index (χ4n) is 1.80. The molecule has 1 aromatic carbocycles. The van der Waals surface area contributed by atoms with Crippen molar-refractivity contribution in [2.45, 2.75) is 27.2 Å². The highest BCUT2D eigenvalue weighted by Crippen LogP contribution is 2.22. The standard InChI is InChI=1S/C15H23ClN2O/c1-5-17-14-7-6-12(16)10-13(14)15(19)18(4)9-8-11(2)3/h6-7,10-11,17H,5,8-9H2,1-4H3. The Balaban J connectivity index is 2.87. The van der Waals surface area contributed by atoms with Gasteiger partial charge in [-0.15, -0.1) is 0 Å². The van der Waals surface area contributed by atoms with Crippen LogP contribution < -0.4 is 5.32 Å². The molecule has 0 fully saturated rings. The molecule has 0 aliphatic carbocycles. The SMILES string of the molecule is CCNc1ccc(Cl)cc1C(=O)N(C)CCC(C)C. The molecule has 0 radical (unpaired) electrons. The maximum Gasteiger partial charge on any atom is 0.255 e. The Kier molecular flexibility index (Phi) is 6.16. The molecule has 1 aromatic rings. The molecule has 0 saturated heterocycles. The van der Waals surface area contributed by atoms with Crippen molar-refractivity contribution in [3.05, 3.63) is 28.8 Å². The van der Waals surface area contributed by atoms with E-state index in [1.165, 1.54) is 0 Å². The number of hydrogen-bond acceptors (Lipinski definition) is 2. The molecule has 0 spiro atoms. The normalized spacial score (nSPS) is 10.6. The van der Waals surface area contributed by atoms with Crippen molar-refractivity contribution in [1.82, 2.24) is 4.90 Å². The van der Waals surface area contributed by atoms with Crippen molar-refractivity contribution in [3.63, 3.8) is 0 Å². The molecule has 0 aliphatic rings. The van der Waals surface area contributed by atoms with E-state index in [9.17, 15) is 4.79 Å². The lowest BCUT2D eigenvalue weighted by Gasteiger charge is -2.20. The Hall–Kier alpha value is -1.22. The molecule has 19 heavy (non-hydrogen) atoms. The van der Waals surface area contributed by atoms with Gasteiger partial charge in [-0.05, 0) is 37.5 Å². The van der Waals surface area contributed by atoms with E-state index in [0.717, 1.165) is 25.2 Å². The third kappa shape index (κ3) is 4.75. The van der Waals surface area contributed by atoms with E-state index < -0.39 is 0 Å². The van der Waals surface area contributed by atoms with E-state index in [1.54, 1.807) is 17.0 Å². The van der Waals surface area contributed by atoms with E-state index in [-0.39, 0.29) is 5.91 Å². The lowest BCUT2D eigenvalue weighted by Crippen LogP contribution is -2.29. The first-order valence-electron chi connectivity index (χ1n) is 6.74. The van der Waals surface area contributed by atoms with Crippen molar-refractivity contribution in [2.75, 3.05) is 25.5 Å². The molecular weight excluding hydrogens is 260 g/mol. The second kappa shape index (κ2) is 7.39. The first kappa shape index (κ1) is 15.8. The Labute approximate surface area is 120 Å². The first-order chi connectivity index (χ1) is 8.95. The number of anilines is 1.